The van der Waals surface area contributed by atoms with Crippen molar-refractivity contribution in [3.8, 4) is 10.9 Å². The molecule has 0 unspecified atom stereocenters. The first-order chi connectivity index (χ1) is 14.2. The first-order valence-corrected chi connectivity index (χ1v) is 10.7. The van der Waals surface area contributed by atoms with Crippen molar-refractivity contribution in [2.75, 3.05) is 31.6 Å². The number of nitrogens with zero attached hydrogens (tertiary/aromatic N) is 4. The molecule has 1 aliphatic heterocycles. The maximum atomic E-state index is 12.7. The molecule has 29 heavy (non-hydrogen) atoms. The number of methoxy groups -OCH3 is 1. The fourth-order valence-corrected chi connectivity index (χ4v) is 4.49. The average Bonchev–Trinajstić information content (AvgIpc) is 3.46. The number of carbonyl (C=O) groups excluding carboxylic acids is 1. The van der Waals surface area contributed by atoms with Gasteiger partial charge >= 0.3 is 0 Å². The maximum absolute atomic E-state index is 12.7. The van der Waals surface area contributed by atoms with Crippen LogP contribution in [0.15, 0.2) is 48.8 Å². The molecule has 4 rings (SSSR count). The molecule has 1 saturated heterocycles. The van der Waals surface area contributed by atoms with Gasteiger partial charge in [0.2, 0.25) is 16.2 Å². The lowest BCUT2D eigenvalue weighted by Crippen LogP contribution is -2.43. The van der Waals surface area contributed by atoms with E-state index in [1.807, 2.05) is 53.4 Å². The first kappa shape index (κ1) is 19.4. The van der Waals surface area contributed by atoms with Crippen molar-refractivity contribution < 1.29 is 9.53 Å². The normalized spacial score (nSPS) is 16.6. The third-order valence-electron chi connectivity index (χ3n) is 5.18. The summed E-state index contributed by atoms with van der Waals surface area (Å²) in [5.41, 5.74) is 1.10. The lowest BCUT2D eigenvalue weighted by atomic mass is 9.97. The third kappa shape index (κ3) is 4.59. The maximum Gasteiger partial charge on any atom is 0.224 e. The summed E-state index contributed by atoms with van der Waals surface area (Å²) in [4.78, 5) is 14.9. The van der Waals surface area contributed by atoms with Crippen molar-refractivity contribution >= 4 is 22.4 Å². The highest BCUT2D eigenvalue weighted by atomic mass is 32.1. The van der Waals surface area contributed by atoms with Crippen molar-refractivity contribution in [2.24, 2.45) is 5.92 Å². The average molecular weight is 412 g/mol. The topological polar surface area (TPSA) is 72.3 Å². The van der Waals surface area contributed by atoms with E-state index in [0.717, 1.165) is 47.4 Å². The van der Waals surface area contributed by atoms with Crippen LogP contribution in [0.2, 0.25) is 0 Å². The number of rotatable bonds is 7. The number of ether oxygens (including phenoxy) is 1. The number of hydrogen-bond acceptors (Lipinski definition) is 6. The highest BCUT2D eigenvalue weighted by Crippen LogP contribution is 2.28. The van der Waals surface area contributed by atoms with E-state index >= 15 is 0 Å². The predicted molar refractivity (Wildman–Crippen MR) is 114 cm³/mol. The Hall–Kier alpha value is -2.87. The Bertz CT molecular complexity index is 940. The van der Waals surface area contributed by atoms with Gasteiger partial charge in [-0.2, -0.15) is 0 Å². The molecule has 1 atom stereocenters. The van der Waals surface area contributed by atoms with Crippen LogP contribution in [0, 0.1) is 5.92 Å². The van der Waals surface area contributed by atoms with Crippen molar-refractivity contribution in [1.82, 2.24) is 20.1 Å². The Labute approximate surface area is 174 Å². The van der Waals surface area contributed by atoms with Crippen LogP contribution in [-0.4, -0.2) is 47.4 Å². The van der Waals surface area contributed by atoms with E-state index in [1.54, 1.807) is 18.4 Å². The van der Waals surface area contributed by atoms with Gasteiger partial charge in [-0.05, 0) is 43.0 Å². The second kappa shape index (κ2) is 9.09. The van der Waals surface area contributed by atoms with Crippen LogP contribution >= 0.6 is 11.3 Å². The van der Waals surface area contributed by atoms with Gasteiger partial charge in [-0.25, -0.2) is 0 Å². The molecular formula is C21H25N5O2S. The van der Waals surface area contributed by atoms with Gasteiger partial charge in [0.15, 0.2) is 0 Å². The lowest BCUT2D eigenvalue weighted by Gasteiger charge is -2.31. The van der Waals surface area contributed by atoms with Gasteiger partial charge in [0, 0.05) is 32.0 Å². The summed E-state index contributed by atoms with van der Waals surface area (Å²) >= 11 is 1.55. The smallest absolute Gasteiger partial charge is 0.224 e. The van der Waals surface area contributed by atoms with E-state index in [0.29, 0.717) is 13.1 Å². The minimum Gasteiger partial charge on any atom is -0.496 e. The van der Waals surface area contributed by atoms with E-state index in [9.17, 15) is 4.79 Å². The molecule has 0 bridgehead atoms. The number of anilines is 1. The molecule has 0 spiro atoms. The number of nitrogens with one attached hydrogen (secondary N) is 1. The van der Waals surface area contributed by atoms with Crippen molar-refractivity contribution in [3.05, 3.63) is 54.4 Å². The van der Waals surface area contributed by atoms with Crippen LogP contribution in [0.4, 0.5) is 5.13 Å². The van der Waals surface area contributed by atoms with Crippen molar-refractivity contribution in [2.45, 2.75) is 19.3 Å². The van der Waals surface area contributed by atoms with E-state index in [2.05, 4.69) is 20.4 Å². The third-order valence-corrected chi connectivity index (χ3v) is 6.18. The number of amides is 1. The first-order valence-electron chi connectivity index (χ1n) is 9.86. The largest absolute Gasteiger partial charge is 0.496 e. The van der Waals surface area contributed by atoms with E-state index in [-0.39, 0.29) is 11.8 Å². The Balaban J connectivity index is 1.31. The number of benzene rings is 1. The predicted octanol–water partition coefficient (Wildman–Crippen LogP) is 2.91. The minimum atomic E-state index is -0.0275. The Morgan fingerprint density at radius 3 is 2.83 bits per heavy atom. The van der Waals surface area contributed by atoms with Crippen molar-refractivity contribution in [3.63, 3.8) is 0 Å². The molecule has 8 heteroatoms. The van der Waals surface area contributed by atoms with Gasteiger partial charge in [-0.1, -0.05) is 29.5 Å². The summed E-state index contributed by atoms with van der Waals surface area (Å²) in [7, 11) is 1.67. The fourth-order valence-electron chi connectivity index (χ4n) is 3.64. The number of piperidine rings is 1. The monoisotopic (exact) mass is 411 g/mol. The van der Waals surface area contributed by atoms with Gasteiger partial charge < -0.3 is 15.0 Å². The van der Waals surface area contributed by atoms with Crippen LogP contribution in [0.3, 0.4) is 0 Å². The molecule has 1 aromatic carbocycles. The molecule has 1 aliphatic rings. The Morgan fingerprint density at radius 1 is 1.21 bits per heavy atom. The highest BCUT2D eigenvalue weighted by Gasteiger charge is 2.27. The Morgan fingerprint density at radius 2 is 2.00 bits per heavy atom. The molecule has 1 N–H and O–H groups in total. The molecular weight excluding hydrogens is 386 g/mol. The summed E-state index contributed by atoms with van der Waals surface area (Å²) in [6, 6.07) is 11.8. The molecule has 0 radical (unpaired) electrons. The second-order valence-electron chi connectivity index (χ2n) is 7.10. The van der Waals surface area contributed by atoms with Gasteiger partial charge in [0.1, 0.15) is 5.75 Å². The van der Waals surface area contributed by atoms with Gasteiger partial charge in [-0.3, -0.25) is 9.36 Å². The van der Waals surface area contributed by atoms with E-state index < -0.39 is 0 Å². The SMILES string of the molecule is COc1ccccc1CCNC(=O)[C@H]1CCCN(c2nnc(-n3cccc3)s2)C1. The van der Waals surface area contributed by atoms with E-state index in [4.69, 9.17) is 4.74 Å². The lowest BCUT2D eigenvalue weighted by molar-refractivity contribution is -0.125. The Kier molecular flexibility index (Phi) is 6.09. The molecule has 2 aromatic heterocycles. The molecule has 0 aliphatic carbocycles. The molecule has 3 heterocycles. The summed E-state index contributed by atoms with van der Waals surface area (Å²) in [6.45, 7) is 2.19. The number of carbonyl (C=O) groups is 1. The molecule has 1 amide bonds. The standard InChI is InChI=1S/C21H25N5O2S/c1-28-18-9-3-2-7-16(18)10-11-22-19(27)17-8-6-14-26(15-17)21-24-23-20(29-21)25-12-4-5-13-25/h2-5,7,9,12-13,17H,6,8,10-11,14-15H2,1H3,(H,22,27)/t17-/m0/s1. The summed E-state index contributed by atoms with van der Waals surface area (Å²) in [5.74, 6) is 0.945. The van der Waals surface area contributed by atoms with Crippen LogP contribution < -0.4 is 15.0 Å². The minimum absolute atomic E-state index is 0.0275. The van der Waals surface area contributed by atoms with Crippen LogP contribution in [0.1, 0.15) is 18.4 Å². The molecule has 7 nitrogen and oxygen atoms in total. The molecule has 1 fully saturated rings. The zero-order valence-corrected chi connectivity index (χ0v) is 17.3. The molecule has 3 aromatic rings. The van der Waals surface area contributed by atoms with Gasteiger partial charge in [0.05, 0.1) is 13.0 Å². The molecule has 152 valence electrons. The van der Waals surface area contributed by atoms with Gasteiger partial charge in [0.25, 0.3) is 0 Å². The summed E-state index contributed by atoms with van der Waals surface area (Å²) < 4.78 is 7.33. The van der Waals surface area contributed by atoms with Crippen LogP contribution in [0.25, 0.3) is 5.13 Å². The summed E-state index contributed by atoms with van der Waals surface area (Å²) in [6.07, 6.45) is 6.54. The van der Waals surface area contributed by atoms with Gasteiger partial charge in [-0.15, -0.1) is 10.2 Å². The van der Waals surface area contributed by atoms with E-state index in [1.165, 1.54) is 0 Å². The fraction of sp³-hybridized carbons (Fsp3) is 0.381. The van der Waals surface area contributed by atoms with Crippen molar-refractivity contribution in [1.29, 1.82) is 0 Å². The quantitative estimate of drug-likeness (QED) is 0.647. The highest BCUT2D eigenvalue weighted by molar-refractivity contribution is 7.17. The molecule has 0 saturated carbocycles. The number of aromatic nitrogens is 3. The zero-order valence-electron chi connectivity index (χ0n) is 16.5. The van der Waals surface area contributed by atoms with Crippen LogP contribution in [-0.2, 0) is 11.2 Å². The number of para-hydroxylation sites is 1. The number of hydrogen-bond donors (Lipinski definition) is 1. The summed E-state index contributed by atoms with van der Waals surface area (Å²) in [5, 5.41) is 13.4. The zero-order chi connectivity index (χ0) is 20.1. The second-order valence-corrected chi connectivity index (χ2v) is 8.03. The van der Waals surface area contributed by atoms with Crippen LogP contribution in [0.5, 0.6) is 5.75 Å².